The van der Waals surface area contributed by atoms with Crippen molar-refractivity contribution in [1.82, 2.24) is 0 Å². The van der Waals surface area contributed by atoms with Crippen LogP contribution in [0, 0.1) is 6.92 Å². The molecule has 0 amide bonds. The topological polar surface area (TPSA) is 40.5 Å². The molecule has 0 radical (unpaired) electrons. The first-order chi connectivity index (χ1) is 7.13. The van der Waals surface area contributed by atoms with E-state index in [-0.39, 0.29) is 12.4 Å². The number of aromatic hydroxyl groups is 1. The van der Waals surface area contributed by atoms with Gasteiger partial charge in [-0.1, -0.05) is 17.7 Å². The Balaban J connectivity index is 2.84. The fourth-order valence-corrected chi connectivity index (χ4v) is 1.92. The van der Waals surface area contributed by atoms with Crippen LogP contribution in [-0.2, 0) is 6.61 Å². The van der Waals surface area contributed by atoms with E-state index in [2.05, 4.69) is 0 Å². The van der Waals surface area contributed by atoms with Gasteiger partial charge in [-0.15, -0.1) is 0 Å². The number of rotatable bonds is 1. The third-order valence-corrected chi connectivity index (χ3v) is 2.81. The fourth-order valence-electron chi connectivity index (χ4n) is 1.74. The first-order valence-corrected chi connectivity index (χ1v) is 5.03. The second-order valence-electron chi connectivity index (χ2n) is 3.53. The van der Waals surface area contributed by atoms with Gasteiger partial charge in [0.2, 0.25) is 0 Å². The molecule has 78 valence electrons. The van der Waals surface area contributed by atoms with Crippen LogP contribution < -0.4 is 0 Å². The third kappa shape index (κ3) is 1.66. The lowest BCUT2D eigenvalue weighted by atomic mass is 10.0. The summed E-state index contributed by atoms with van der Waals surface area (Å²) >= 11 is 5.88. The van der Waals surface area contributed by atoms with Crippen molar-refractivity contribution in [3.05, 3.63) is 40.4 Å². The van der Waals surface area contributed by atoms with Gasteiger partial charge in [-0.05, 0) is 41.5 Å². The highest BCUT2D eigenvalue weighted by Crippen LogP contribution is 2.31. The molecule has 0 spiro atoms. The van der Waals surface area contributed by atoms with Crippen LogP contribution >= 0.6 is 11.6 Å². The van der Waals surface area contributed by atoms with E-state index < -0.39 is 0 Å². The Morgan fingerprint density at radius 1 is 1.27 bits per heavy atom. The van der Waals surface area contributed by atoms with Gasteiger partial charge in [0.25, 0.3) is 0 Å². The van der Waals surface area contributed by atoms with Gasteiger partial charge < -0.3 is 10.2 Å². The first-order valence-electron chi connectivity index (χ1n) is 4.65. The molecular weight excluding hydrogens is 212 g/mol. The van der Waals surface area contributed by atoms with Crippen LogP contribution in [0.2, 0.25) is 5.02 Å². The molecular formula is C12H11ClO2. The van der Waals surface area contributed by atoms with Crippen molar-refractivity contribution in [2.75, 3.05) is 0 Å². The number of aliphatic hydroxyl groups excluding tert-OH is 1. The minimum atomic E-state index is -0.172. The van der Waals surface area contributed by atoms with Gasteiger partial charge in [0.05, 0.1) is 6.61 Å². The number of aryl methyl sites for hydroxylation is 1. The van der Waals surface area contributed by atoms with Crippen LogP contribution in [0.25, 0.3) is 10.8 Å². The van der Waals surface area contributed by atoms with Crippen LogP contribution in [0.4, 0.5) is 0 Å². The average Bonchev–Trinajstić information content (AvgIpc) is 2.23. The summed E-state index contributed by atoms with van der Waals surface area (Å²) in [6.07, 6.45) is 0. The number of benzene rings is 2. The lowest BCUT2D eigenvalue weighted by Crippen LogP contribution is -1.89. The largest absolute Gasteiger partial charge is 0.507 e. The molecule has 0 saturated heterocycles. The summed E-state index contributed by atoms with van der Waals surface area (Å²) in [6, 6.07) is 7.23. The standard InChI is InChI=1S/C12H11ClO2/c1-7-11-3-2-10(13)5-8(11)4-9(6-14)12(7)15/h2-5,14-15H,6H2,1H3. The summed E-state index contributed by atoms with van der Waals surface area (Å²) in [5.74, 6) is 0.160. The zero-order valence-corrected chi connectivity index (χ0v) is 9.04. The molecule has 0 aromatic heterocycles. The van der Waals surface area contributed by atoms with E-state index in [9.17, 15) is 5.11 Å². The Bertz CT molecular complexity index is 521. The van der Waals surface area contributed by atoms with Crippen molar-refractivity contribution in [3.63, 3.8) is 0 Å². The molecule has 15 heavy (non-hydrogen) atoms. The highest BCUT2D eigenvalue weighted by Gasteiger charge is 2.08. The Hall–Kier alpha value is -1.25. The highest BCUT2D eigenvalue weighted by molar-refractivity contribution is 6.31. The quantitative estimate of drug-likeness (QED) is 0.779. The molecule has 0 bridgehead atoms. The Morgan fingerprint density at radius 3 is 2.67 bits per heavy atom. The Morgan fingerprint density at radius 2 is 2.00 bits per heavy atom. The normalized spacial score (nSPS) is 10.9. The molecule has 2 nitrogen and oxygen atoms in total. The number of halogens is 1. The summed E-state index contributed by atoms with van der Waals surface area (Å²) in [7, 11) is 0. The van der Waals surface area contributed by atoms with Gasteiger partial charge in [-0.25, -0.2) is 0 Å². The van der Waals surface area contributed by atoms with Crippen molar-refractivity contribution in [1.29, 1.82) is 0 Å². The number of hydrogen-bond donors (Lipinski definition) is 2. The first kappa shape index (κ1) is 10.3. The second kappa shape index (κ2) is 3.72. The van der Waals surface area contributed by atoms with Crippen molar-refractivity contribution >= 4 is 22.4 Å². The summed E-state index contributed by atoms with van der Waals surface area (Å²) < 4.78 is 0. The zero-order chi connectivity index (χ0) is 11.0. The van der Waals surface area contributed by atoms with Crippen LogP contribution in [0.5, 0.6) is 5.75 Å². The van der Waals surface area contributed by atoms with E-state index in [1.165, 1.54) is 0 Å². The van der Waals surface area contributed by atoms with E-state index in [4.69, 9.17) is 16.7 Å². The summed E-state index contributed by atoms with van der Waals surface area (Å²) in [6.45, 7) is 1.65. The van der Waals surface area contributed by atoms with Crippen molar-refractivity contribution in [2.24, 2.45) is 0 Å². The van der Waals surface area contributed by atoms with Gasteiger partial charge in [-0.3, -0.25) is 0 Å². The van der Waals surface area contributed by atoms with E-state index >= 15 is 0 Å². The van der Waals surface area contributed by atoms with Gasteiger partial charge in [0, 0.05) is 10.6 Å². The highest BCUT2D eigenvalue weighted by atomic mass is 35.5. The predicted octanol–water partition coefficient (Wildman–Crippen LogP) is 3.00. The molecule has 2 aromatic carbocycles. The molecule has 0 aliphatic carbocycles. The Labute approximate surface area is 92.7 Å². The Kier molecular flexibility index (Phi) is 2.55. The number of hydrogen-bond acceptors (Lipinski definition) is 2. The van der Waals surface area contributed by atoms with Gasteiger partial charge in [0.15, 0.2) is 0 Å². The fraction of sp³-hybridized carbons (Fsp3) is 0.167. The van der Waals surface area contributed by atoms with Crippen LogP contribution in [0.15, 0.2) is 24.3 Å². The molecule has 2 rings (SSSR count). The molecule has 3 heteroatoms. The summed E-state index contributed by atoms with van der Waals surface area (Å²) in [5, 5.41) is 21.4. The van der Waals surface area contributed by atoms with E-state index in [1.807, 2.05) is 19.1 Å². The van der Waals surface area contributed by atoms with E-state index in [1.54, 1.807) is 12.1 Å². The van der Waals surface area contributed by atoms with E-state index in [0.29, 0.717) is 10.6 Å². The third-order valence-electron chi connectivity index (χ3n) is 2.58. The van der Waals surface area contributed by atoms with Crippen LogP contribution in [0.3, 0.4) is 0 Å². The molecule has 0 aliphatic rings. The maximum Gasteiger partial charge on any atom is 0.124 e. The van der Waals surface area contributed by atoms with Crippen molar-refractivity contribution < 1.29 is 10.2 Å². The number of fused-ring (bicyclic) bond motifs is 1. The SMILES string of the molecule is Cc1c(O)c(CO)cc2cc(Cl)ccc12. The lowest BCUT2D eigenvalue weighted by molar-refractivity contribution is 0.275. The molecule has 2 aromatic rings. The molecule has 0 aliphatic heterocycles. The van der Waals surface area contributed by atoms with E-state index in [0.717, 1.165) is 16.3 Å². The minimum absolute atomic E-state index is 0.160. The number of phenols is 1. The molecule has 2 N–H and O–H groups in total. The predicted molar refractivity (Wildman–Crippen MR) is 61.3 cm³/mol. The van der Waals surface area contributed by atoms with Gasteiger partial charge >= 0.3 is 0 Å². The van der Waals surface area contributed by atoms with Crippen LogP contribution in [0.1, 0.15) is 11.1 Å². The van der Waals surface area contributed by atoms with Crippen molar-refractivity contribution in [3.8, 4) is 5.75 Å². The summed E-state index contributed by atoms with van der Waals surface area (Å²) in [5.41, 5.74) is 1.30. The molecule has 0 fully saturated rings. The monoisotopic (exact) mass is 222 g/mol. The second-order valence-corrected chi connectivity index (χ2v) is 3.97. The molecule has 0 saturated carbocycles. The average molecular weight is 223 g/mol. The summed E-state index contributed by atoms with van der Waals surface area (Å²) in [4.78, 5) is 0. The number of aliphatic hydroxyl groups is 1. The van der Waals surface area contributed by atoms with Crippen LogP contribution in [-0.4, -0.2) is 10.2 Å². The van der Waals surface area contributed by atoms with Gasteiger partial charge in [0.1, 0.15) is 5.75 Å². The smallest absolute Gasteiger partial charge is 0.124 e. The molecule has 0 unspecified atom stereocenters. The maximum absolute atomic E-state index is 9.77. The molecule has 0 heterocycles. The maximum atomic E-state index is 9.77. The van der Waals surface area contributed by atoms with Crippen molar-refractivity contribution in [2.45, 2.75) is 13.5 Å². The van der Waals surface area contributed by atoms with Gasteiger partial charge in [-0.2, -0.15) is 0 Å². The molecule has 0 atom stereocenters. The lowest BCUT2D eigenvalue weighted by Gasteiger charge is -2.09. The zero-order valence-electron chi connectivity index (χ0n) is 8.29. The minimum Gasteiger partial charge on any atom is -0.507 e.